The summed E-state index contributed by atoms with van der Waals surface area (Å²) >= 11 is 5.70. The number of carbonyl (C=O) groups is 1. The van der Waals surface area contributed by atoms with Crippen LogP contribution in [0.3, 0.4) is 0 Å². The quantitative estimate of drug-likeness (QED) is 0.649. The lowest BCUT2D eigenvalue weighted by Gasteiger charge is -2.25. The molecule has 0 amide bonds. The fourth-order valence-electron chi connectivity index (χ4n) is 0.603. The van der Waals surface area contributed by atoms with Gasteiger partial charge in [0, 0.05) is 5.38 Å². The van der Waals surface area contributed by atoms with Crippen LogP contribution in [0.15, 0.2) is 0 Å². The fraction of sp³-hybridized carbons (Fsp3) is 0.857. The summed E-state index contributed by atoms with van der Waals surface area (Å²) in [5, 5.41) is 8.39. The molecule has 0 radical (unpaired) electrons. The van der Waals surface area contributed by atoms with Crippen LogP contribution in [0.5, 0.6) is 0 Å². The van der Waals surface area contributed by atoms with Crippen molar-refractivity contribution >= 4 is 17.6 Å². The molecule has 0 fully saturated rings. The summed E-state index contributed by atoms with van der Waals surface area (Å²) in [5.41, 5.74) is -0.776. The molecule has 2 unspecified atom stereocenters. The Labute approximate surface area is 66.2 Å². The van der Waals surface area contributed by atoms with E-state index in [0.717, 1.165) is 0 Å². The summed E-state index contributed by atoms with van der Waals surface area (Å²) in [5.74, 6) is -0.822. The average Bonchev–Trinajstić information content (AvgIpc) is 1.85. The Balaban J connectivity index is 4.38. The monoisotopic (exact) mass is 164 g/mol. The van der Waals surface area contributed by atoms with Crippen molar-refractivity contribution in [2.24, 2.45) is 5.41 Å². The minimum Gasteiger partial charge on any atom is -0.481 e. The molecule has 0 spiro atoms. The summed E-state index contributed by atoms with van der Waals surface area (Å²) in [6.45, 7) is 5.19. The number of carboxylic acids is 1. The molecule has 0 saturated heterocycles. The Morgan fingerprint density at radius 2 is 2.20 bits per heavy atom. The molecule has 60 valence electrons. The van der Waals surface area contributed by atoms with Gasteiger partial charge in [-0.2, -0.15) is 0 Å². The minimum absolute atomic E-state index is 0.324. The van der Waals surface area contributed by atoms with Gasteiger partial charge in [0.1, 0.15) is 0 Å². The number of hydrogen-bond donors (Lipinski definition) is 1. The minimum atomic E-state index is -0.822. The van der Waals surface area contributed by atoms with Crippen molar-refractivity contribution in [3.63, 3.8) is 0 Å². The number of hydrogen-bond acceptors (Lipinski definition) is 1. The van der Waals surface area contributed by atoms with Gasteiger partial charge < -0.3 is 5.11 Å². The summed E-state index contributed by atoms with van der Waals surface area (Å²) in [7, 11) is 0. The first-order valence-electron chi connectivity index (χ1n) is 3.32. The highest BCUT2D eigenvalue weighted by molar-refractivity contribution is 6.22. The van der Waals surface area contributed by atoms with Crippen LogP contribution in [0, 0.1) is 5.41 Å². The number of halogens is 1. The molecule has 2 nitrogen and oxygen atoms in total. The molecule has 0 aromatic rings. The number of carboxylic acid groups (broad SMARTS) is 1. The maximum atomic E-state index is 10.6. The highest BCUT2D eigenvalue weighted by atomic mass is 35.5. The Bertz CT molecular complexity index is 134. The predicted molar refractivity (Wildman–Crippen MR) is 41.3 cm³/mol. The molecule has 10 heavy (non-hydrogen) atoms. The van der Waals surface area contributed by atoms with E-state index in [2.05, 4.69) is 0 Å². The maximum absolute atomic E-state index is 10.6. The number of alkyl halides is 1. The second kappa shape index (κ2) is 3.24. The summed E-state index contributed by atoms with van der Waals surface area (Å²) in [6.07, 6.45) is 0.562. The largest absolute Gasteiger partial charge is 0.481 e. The first kappa shape index (κ1) is 9.76. The third-order valence-electron chi connectivity index (χ3n) is 2.10. The van der Waals surface area contributed by atoms with Crippen LogP contribution in [0.4, 0.5) is 0 Å². The predicted octanol–water partition coefficient (Wildman–Crippen LogP) is 2.11. The topological polar surface area (TPSA) is 37.3 Å². The van der Waals surface area contributed by atoms with Crippen LogP contribution in [-0.2, 0) is 4.79 Å². The standard InChI is InChI=1S/C7H13ClO2/c1-4-7(3,5(2)8)6(9)10/h5H,4H2,1-3H3,(H,9,10). The van der Waals surface area contributed by atoms with Crippen molar-refractivity contribution in [3.05, 3.63) is 0 Å². The molecule has 0 aliphatic rings. The van der Waals surface area contributed by atoms with Crippen LogP contribution in [0.25, 0.3) is 0 Å². The van der Waals surface area contributed by atoms with E-state index in [4.69, 9.17) is 16.7 Å². The fourth-order valence-corrected chi connectivity index (χ4v) is 0.850. The van der Waals surface area contributed by atoms with Crippen LogP contribution < -0.4 is 0 Å². The average molecular weight is 165 g/mol. The van der Waals surface area contributed by atoms with E-state index >= 15 is 0 Å². The molecular weight excluding hydrogens is 152 g/mol. The number of rotatable bonds is 3. The molecule has 0 heterocycles. The van der Waals surface area contributed by atoms with Gasteiger partial charge in [-0.05, 0) is 20.3 Å². The van der Waals surface area contributed by atoms with E-state index in [1.165, 1.54) is 0 Å². The molecule has 2 atom stereocenters. The zero-order valence-corrected chi connectivity index (χ0v) is 7.27. The zero-order valence-electron chi connectivity index (χ0n) is 6.52. The molecule has 0 aliphatic heterocycles. The van der Waals surface area contributed by atoms with Crippen molar-refractivity contribution < 1.29 is 9.90 Å². The van der Waals surface area contributed by atoms with Crippen LogP contribution in [0.1, 0.15) is 27.2 Å². The Morgan fingerprint density at radius 3 is 2.20 bits per heavy atom. The molecule has 1 N–H and O–H groups in total. The van der Waals surface area contributed by atoms with Gasteiger partial charge in [-0.3, -0.25) is 4.79 Å². The molecule has 0 aliphatic carbocycles. The lowest BCUT2D eigenvalue weighted by atomic mass is 9.84. The van der Waals surface area contributed by atoms with E-state index < -0.39 is 11.4 Å². The molecule has 0 saturated carbocycles. The van der Waals surface area contributed by atoms with Crippen LogP contribution in [-0.4, -0.2) is 16.5 Å². The van der Waals surface area contributed by atoms with Gasteiger partial charge in [0.25, 0.3) is 0 Å². The van der Waals surface area contributed by atoms with E-state index in [1.807, 2.05) is 6.92 Å². The highest BCUT2D eigenvalue weighted by Crippen LogP contribution is 2.29. The van der Waals surface area contributed by atoms with Gasteiger partial charge >= 0.3 is 5.97 Å². The molecule has 0 bridgehead atoms. The van der Waals surface area contributed by atoms with E-state index in [0.29, 0.717) is 6.42 Å². The second-order valence-corrected chi connectivity index (χ2v) is 3.35. The smallest absolute Gasteiger partial charge is 0.310 e. The molecular formula is C7H13ClO2. The summed E-state index contributed by atoms with van der Waals surface area (Å²) < 4.78 is 0. The van der Waals surface area contributed by atoms with Crippen molar-refractivity contribution in [2.45, 2.75) is 32.6 Å². The SMILES string of the molecule is CCC(C)(C(=O)O)C(C)Cl. The van der Waals surface area contributed by atoms with Crippen molar-refractivity contribution in [3.8, 4) is 0 Å². The third-order valence-corrected chi connectivity index (χ3v) is 2.58. The zero-order chi connectivity index (χ0) is 8.36. The lowest BCUT2D eigenvalue weighted by molar-refractivity contribution is -0.148. The number of aliphatic carboxylic acids is 1. The van der Waals surface area contributed by atoms with E-state index in [-0.39, 0.29) is 5.38 Å². The van der Waals surface area contributed by atoms with Crippen LogP contribution >= 0.6 is 11.6 Å². The summed E-state index contributed by atoms with van der Waals surface area (Å²) in [4.78, 5) is 10.6. The normalized spacial score (nSPS) is 19.6. The van der Waals surface area contributed by atoms with Gasteiger partial charge in [0.15, 0.2) is 0 Å². The molecule has 0 rings (SSSR count). The van der Waals surface area contributed by atoms with Crippen LogP contribution in [0.2, 0.25) is 0 Å². The van der Waals surface area contributed by atoms with Crippen molar-refractivity contribution in [2.75, 3.05) is 0 Å². The van der Waals surface area contributed by atoms with Gasteiger partial charge in [-0.25, -0.2) is 0 Å². The van der Waals surface area contributed by atoms with Gasteiger partial charge in [0.05, 0.1) is 5.41 Å². The molecule has 0 aromatic heterocycles. The van der Waals surface area contributed by atoms with E-state index in [9.17, 15) is 4.79 Å². The second-order valence-electron chi connectivity index (χ2n) is 2.69. The Hall–Kier alpha value is -0.240. The Kier molecular flexibility index (Phi) is 3.16. The molecule has 3 heteroatoms. The first-order chi connectivity index (χ1) is 4.45. The maximum Gasteiger partial charge on any atom is 0.310 e. The Morgan fingerprint density at radius 1 is 1.80 bits per heavy atom. The summed E-state index contributed by atoms with van der Waals surface area (Å²) in [6, 6.07) is 0. The molecule has 0 aromatic carbocycles. The van der Waals surface area contributed by atoms with Gasteiger partial charge in [-0.1, -0.05) is 6.92 Å². The van der Waals surface area contributed by atoms with E-state index in [1.54, 1.807) is 13.8 Å². The third kappa shape index (κ3) is 1.63. The van der Waals surface area contributed by atoms with Crippen molar-refractivity contribution in [1.82, 2.24) is 0 Å². The van der Waals surface area contributed by atoms with Crippen molar-refractivity contribution in [1.29, 1.82) is 0 Å². The lowest BCUT2D eigenvalue weighted by Crippen LogP contribution is -2.34. The van der Waals surface area contributed by atoms with Gasteiger partial charge in [-0.15, -0.1) is 11.6 Å². The van der Waals surface area contributed by atoms with Gasteiger partial charge in [0.2, 0.25) is 0 Å². The highest BCUT2D eigenvalue weighted by Gasteiger charge is 2.35. The first-order valence-corrected chi connectivity index (χ1v) is 3.76.